The van der Waals surface area contributed by atoms with E-state index >= 15 is 9.18 Å². The summed E-state index contributed by atoms with van der Waals surface area (Å²) >= 11 is 0. The van der Waals surface area contributed by atoms with Crippen molar-refractivity contribution < 1.29 is 52.3 Å². The normalized spacial score (nSPS) is 20.4. The van der Waals surface area contributed by atoms with Crippen molar-refractivity contribution in [2.45, 2.75) is 172 Å². The Kier molecular flexibility index (Phi) is 23.2. The van der Waals surface area contributed by atoms with Crippen LogP contribution in [0.5, 0.6) is 11.5 Å². The van der Waals surface area contributed by atoms with Crippen molar-refractivity contribution in [3.63, 3.8) is 0 Å². The fraction of sp³-hybridized carbons (Fsp3) is 0.531. The van der Waals surface area contributed by atoms with Gasteiger partial charge in [0, 0.05) is 44.1 Å². The highest BCUT2D eigenvalue weighted by atomic mass is 19.1. The minimum atomic E-state index is -2.18. The van der Waals surface area contributed by atoms with Crippen molar-refractivity contribution in [3.8, 4) is 11.5 Å². The van der Waals surface area contributed by atoms with Crippen LogP contribution >= 0.6 is 0 Å². The second-order valence-corrected chi connectivity index (χ2v) is 22.6. The number of imide groups is 1. The van der Waals surface area contributed by atoms with Crippen LogP contribution in [0.4, 0.5) is 10.3 Å². The zero-order valence-corrected chi connectivity index (χ0v) is 50.1. The van der Waals surface area contributed by atoms with E-state index in [1.165, 1.54) is 64.7 Å². The van der Waals surface area contributed by atoms with E-state index in [1.807, 2.05) is 78.9 Å². The maximum Gasteiger partial charge on any atom is 0.330 e. The number of imidazole rings is 1. The zero-order chi connectivity index (χ0) is 61.3. The molecule has 86 heavy (non-hydrogen) atoms. The van der Waals surface area contributed by atoms with E-state index in [1.54, 1.807) is 28.1 Å². The number of aromatic amines is 2. The quantitative estimate of drug-likeness (QED) is 0.0227. The Hall–Kier alpha value is -7.37. The van der Waals surface area contributed by atoms with E-state index in [9.17, 15) is 29.1 Å². The van der Waals surface area contributed by atoms with Gasteiger partial charge < -0.3 is 33.5 Å². The summed E-state index contributed by atoms with van der Waals surface area (Å²) in [6.07, 6.45) is 6.61. The van der Waals surface area contributed by atoms with Gasteiger partial charge in [0.25, 0.3) is 11.1 Å². The number of nitrogens with one attached hydrogen (secondary N) is 3. The number of anilines is 1. The number of aromatic nitrogens is 6. The Bertz CT molecular complexity index is 3290. The van der Waals surface area contributed by atoms with Gasteiger partial charge in [-0.2, -0.15) is 4.98 Å². The molecule has 8 rings (SSSR count). The molecule has 0 saturated carbocycles. The van der Waals surface area contributed by atoms with Crippen LogP contribution < -0.4 is 31.6 Å². The summed E-state index contributed by atoms with van der Waals surface area (Å²) in [4.78, 5) is 96.1. The maximum absolute atomic E-state index is 16.6. The third-order valence-corrected chi connectivity index (χ3v) is 16.4. The van der Waals surface area contributed by atoms with Crippen molar-refractivity contribution >= 4 is 34.8 Å². The third kappa shape index (κ3) is 15.4. The number of carbonyl (C=O) groups is 3. The Morgan fingerprint density at radius 1 is 0.733 bits per heavy atom. The fourth-order valence-electron chi connectivity index (χ4n) is 11.6. The van der Waals surface area contributed by atoms with Crippen LogP contribution in [-0.2, 0) is 38.9 Å². The highest BCUT2D eigenvalue weighted by molar-refractivity contribution is 5.95. The summed E-state index contributed by atoms with van der Waals surface area (Å²) in [6, 6.07) is 25.5. The van der Waals surface area contributed by atoms with Gasteiger partial charge in [0.2, 0.25) is 23.7 Å². The van der Waals surface area contributed by atoms with Gasteiger partial charge in [-0.1, -0.05) is 159 Å². The molecule has 0 bridgehead atoms. The Morgan fingerprint density at radius 3 is 1.86 bits per heavy atom. The summed E-state index contributed by atoms with van der Waals surface area (Å²) in [7, 11) is 4.53. The second kappa shape index (κ2) is 30.8. The average molecular weight is 1190 g/mol. The van der Waals surface area contributed by atoms with Gasteiger partial charge in [-0.25, -0.2) is 14.2 Å². The highest BCUT2D eigenvalue weighted by Crippen LogP contribution is 2.45. The lowest BCUT2D eigenvalue weighted by Gasteiger charge is -2.37. The van der Waals surface area contributed by atoms with Gasteiger partial charge in [0.1, 0.15) is 35.4 Å². The lowest BCUT2D eigenvalue weighted by molar-refractivity contribution is -0.150. The number of carbonyl (C=O) groups excluding carboxylic acids is 3. The van der Waals surface area contributed by atoms with Crippen LogP contribution in [0.25, 0.3) is 11.2 Å². The van der Waals surface area contributed by atoms with Gasteiger partial charge in [-0.15, -0.1) is 0 Å². The Morgan fingerprint density at radius 2 is 1.30 bits per heavy atom. The van der Waals surface area contributed by atoms with Crippen molar-refractivity contribution in [3.05, 3.63) is 145 Å². The SMILES string of the molecule is CCCCCCCCCCCCCCCCC(=O)N(C[C@H]1O[C@@H](n2cnc3c(=O)[nH]c(NC(=O)C(C)C)nc32)[C@H](F)[C@@H]1O)C(=O)C[C@H]1[C@@H](OC)[C@H](n2ccc(=O)[nH]c2=O)O[C@@H]1COC(c1ccccc1)(c1ccc(OC)cc1)c1ccc(OC)cc1. The van der Waals surface area contributed by atoms with Crippen LogP contribution in [0.1, 0.15) is 153 Å². The number of alkyl halides is 1. The molecular formula is C64H83FN8O13. The molecule has 0 spiro atoms. The number of hydrogen-bond donors (Lipinski definition) is 4. The smallest absolute Gasteiger partial charge is 0.330 e. The topological polar surface area (TPSA) is 261 Å². The number of methoxy groups -OCH3 is 3. The largest absolute Gasteiger partial charge is 0.497 e. The van der Waals surface area contributed by atoms with E-state index in [0.717, 1.165) is 57.7 Å². The Labute approximate surface area is 499 Å². The molecule has 3 aromatic carbocycles. The first-order valence-electron chi connectivity index (χ1n) is 30.2. The molecule has 0 aliphatic carbocycles. The number of fused-ring (bicyclic) bond motifs is 1. The maximum atomic E-state index is 16.6. The first-order valence-corrected chi connectivity index (χ1v) is 30.2. The van der Waals surface area contributed by atoms with Gasteiger partial charge in [0.15, 0.2) is 29.8 Å². The molecule has 2 aliphatic heterocycles. The minimum Gasteiger partial charge on any atom is -0.497 e. The minimum absolute atomic E-state index is 0.0566. The number of ether oxygens (including phenoxy) is 6. The monoisotopic (exact) mass is 1190 g/mol. The van der Waals surface area contributed by atoms with Crippen molar-refractivity contribution in [1.82, 2.24) is 34.0 Å². The molecule has 3 amide bonds. The van der Waals surface area contributed by atoms with E-state index in [4.69, 9.17) is 28.4 Å². The molecule has 8 atom stereocenters. The lowest BCUT2D eigenvalue weighted by Crippen LogP contribution is -2.47. The number of amides is 3. The molecule has 22 heteroatoms. The first kappa shape index (κ1) is 64.6. The average Bonchev–Trinajstić information content (AvgIpc) is 1.33. The summed E-state index contributed by atoms with van der Waals surface area (Å²) in [5.41, 5.74) is -1.77. The number of H-pyrrole nitrogens is 2. The summed E-state index contributed by atoms with van der Waals surface area (Å²) in [5, 5.41) is 14.2. The van der Waals surface area contributed by atoms with Crippen LogP contribution in [0.2, 0.25) is 0 Å². The summed E-state index contributed by atoms with van der Waals surface area (Å²) < 4.78 is 56.5. The number of rotatable bonds is 32. The first-order chi connectivity index (χ1) is 41.6. The van der Waals surface area contributed by atoms with Gasteiger partial charge in [-0.3, -0.25) is 53.3 Å². The van der Waals surface area contributed by atoms with Gasteiger partial charge in [0.05, 0.1) is 39.8 Å². The number of aliphatic hydroxyl groups is 1. The molecule has 2 fully saturated rings. The predicted molar refractivity (Wildman–Crippen MR) is 320 cm³/mol. The standard InChI is InChI=1S/C64H83FN8O13/c1-7-8-9-10-11-12-13-14-15-16-17-18-19-23-26-51(75)72(38-48-55(77)53(65)60(85-48)73-40-66-54-57(73)68-62(70-59(54)79)69-58(78)41(2)3)52(76)37-47-49(86-61(56(47)83-6)71-36-35-50(74)67-63(71)80)39-84-64(42-24-21-20-22-25-42,43-27-31-45(81-4)32-28-43)44-29-33-46(82-5)34-30-44/h20-22,24-25,27-36,40-41,47-49,53,55-56,60-61,77H,7-19,23,26,37-39H2,1-6H3,(H,67,74,80)(H2,68,69,70,78,79)/t47-,48-,49-,53-,55-,56-,60-,61-/m1/s1. The molecular weight excluding hydrogens is 1110 g/mol. The molecule has 6 aromatic rings. The number of unbranched alkanes of at least 4 members (excludes halogenated alkanes) is 13. The van der Waals surface area contributed by atoms with Crippen LogP contribution in [0, 0.1) is 11.8 Å². The van der Waals surface area contributed by atoms with Crippen LogP contribution in [-0.4, -0.2) is 122 Å². The lowest BCUT2D eigenvalue weighted by atomic mass is 9.79. The molecule has 0 radical (unpaired) electrons. The van der Waals surface area contributed by atoms with E-state index in [2.05, 4.69) is 32.2 Å². The van der Waals surface area contributed by atoms with Crippen LogP contribution in [0.15, 0.2) is 112 Å². The Balaban J connectivity index is 1.09. The van der Waals surface area contributed by atoms with Crippen molar-refractivity contribution in [1.29, 1.82) is 0 Å². The number of hydrogen-bond acceptors (Lipinski definition) is 15. The van der Waals surface area contributed by atoms with E-state index in [-0.39, 0.29) is 30.1 Å². The van der Waals surface area contributed by atoms with Crippen molar-refractivity contribution in [2.24, 2.45) is 11.8 Å². The molecule has 21 nitrogen and oxygen atoms in total. The predicted octanol–water partition coefficient (Wildman–Crippen LogP) is 9.03. The fourth-order valence-corrected chi connectivity index (χ4v) is 11.6. The second-order valence-electron chi connectivity index (χ2n) is 22.6. The van der Waals surface area contributed by atoms with E-state index < -0.39 is 108 Å². The molecule has 2 saturated heterocycles. The number of nitrogens with zero attached hydrogens (tertiary/aromatic N) is 5. The highest BCUT2D eigenvalue weighted by Gasteiger charge is 2.51. The molecule has 0 unspecified atom stereocenters. The van der Waals surface area contributed by atoms with Gasteiger partial charge in [-0.05, 0) is 47.4 Å². The molecule has 4 N–H and O–H groups in total. The number of halogens is 1. The third-order valence-electron chi connectivity index (χ3n) is 16.4. The molecule has 2 aliphatic rings. The van der Waals surface area contributed by atoms with E-state index in [0.29, 0.717) is 35.5 Å². The number of benzene rings is 3. The van der Waals surface area contributed by atoms with Gasteiger partial charge >= 0.3 is 5.69 Å². The summed E-state index contributed by atoms with van der Waals surface area (Å²) in [6.45, 7) is 4.69. The van der Waals surface area contributed by atoms with Crippen molar-refractivity contribution in [2.75, 3.05) is 39.8 Å². The zero-order valence-electron chi connectivity index (χ0n) is 50.1. The van der Waals surface area contributed by atoms with Crippen LogP contribution in [0.3, 0.4) is 0 Å². The number of aliphatic hydroxyl groups excluding tert-OH is 1. The molecule has 5 heterocycles. The molecule has 3 aromatic heterocycles. The molecule has 464 valence electrons. The summed E-state index contributed by atoms with van der Waals surface area (Å²) in [5.74, 6) is -2.23.